The van der Waals surface area contributed by atoms with E-state index >= 15 is 0 Å². The number of nitrogens with one attached hydrogen (secondary N) is 1. The predicted octanol–water partition coefficient (Wildman–Crippen LogP) is 3.60. The van der Waals surface area contributed by atoms with E-state index in [0.717, 1.165) is 11.3 Å². The van der Waals surface area contributed by atoms with Gasteiger partial charge in [-0.05, 0) is 48.2 Å². The highest BCUT2D eigenvalue weighted by Gasteiger charge is 2.28. The lowest BCUT2D eigenvalue weighted by molar-refractivity contribution is -0.124. The molecule has 2 N–H and O–H groups in total. The minimum absolute atomic E-state index is 0.0385. The molecular weight excluding hydrogens is 333 g/mol. The standard InChI is InChI=1S/C21H26FNO3/c1-14(2)19(15-5-11-18(26-4)12-6-15)20(24)23-13-21(3,25)16-7-9-17(22)10-8-16/h5-12,14,19,25H,13H2,1-4H3,(H,23,24). The maximum Gasteiger partial charge on any atom is 0.227 e. The van der Waals surface area contributed by atoms with Gasteiger partial charge >= 0.3 is 0 Å². The van der Waals surface area contributed by atoms with E-state index in [1.165, 1.54) is 24.3 Å². The molecule has 26 heavy (non-hydrogen) atoms. The Kier molecular flexibility index (Phi) is 6.37. The van der Waals surface area contributed by atoms with Gasteiger partial charge in [0.15, 0.2) is 0 Å². The Bertz CT molecular complexity index is 724. The van der Waals surface area contributed by atoms with E-state index in [1.54, 1.807) is 14.0 Å². The summed E-state index contributed by atoms with van der Waals surface area (Å²) in [5.41, 5.74) is 0.148. The van der Waals surface area contributed by atoms with E-state index in [-0.39, 0.29) is 30.1 Å². The summed E-state index contributed by atoms with van der Waals surface area (Å²) in [5.74, 6) is -0.0551. The van der Waals surface area contributed by atoms with Gasteiger partial charge in [-0.3, -0.25) is 4.79 Å². The zero-order valence-electron chi connectivity index (χ0n) is 15.6. The summed E-state index contributed by atoms with van der Waals surface area (Å²) in [6.45, 7) is 5.59. The van der Waals surface area contributed by atoms with Gasteiger partial charge in [0, 0.05) is 0 Å². The maximum atomic E-state index is 13.1. The molecule has 0 heterocycles. The minimum Gasteiger partial charge on any atom is -0.497 e. The molecule has 0 aliphatic heterocycles. The molecule has 0 spiro atoms. The van der Waals surface area contributed by atoms with Crippen LogP contribution in [0.15, 0.2) is 48.5 Å². The summed E-state index contributed by atoms with van der Waals surface area (Å²) in [7, 11) is 1.60. The van der Waals surface area contributed by atoms with Crippen molar-refractivity contribution in [1.29, 1.82) is 0 Å². The highest BCUT2D eigenvalue weighted by atomic mass is 19.1. The monoisotopic (exact) mass is 359 g/mol. The van der Waals surface area contributed by atoms with Gasteiger partial charge in [0.25, 0.3) is 0 Å². The molecule has 0 aliphatic carbocycles. The van der Waals surface area contributed by atoms with Crippen molar-refractivity contribution in [2.75, 3.05) is 13.7 Å². The van der Waals surface area contributed by atoms with Crippen molar-refractivity contribution in [3.63, 3.8) is 0 Å². The first kappa shape index (κ1) is 19.9. The topological polar surface area (TPSA) is 58.6 Å². The number of carbonyl (C=O) groups is 1. The Hall–Kier alpha value is -2.40. The van der Waals surface area contributed by atoms with Crippen LogP contribution in [0.4, 0.5) is 4.39 Å². The number of hydrogen-bond acceptors (Lipinski definition) is 3. The molecule has 0 bridgehead atoms. The van der Waals surface area contributed by atoms with Crippen LogP contribution in [0.2, 0.25) is 0 Å². The van der Waals surface area contributed by atoms with Gasteiger partial charge < -0.3 is 15.2 Å². The number of halogens is 1. The van der Waals surface area contributed by atoms with Crippen molar-refractivity contribution in [3.05, 3.63) is 65.5 Å². The molecule has 2 rings (SSSR count). The Morgan fingerprint density at radius 2 is 1.73 bits per heavy atom. The molecule has 140 valence electrons. The molecule has 2 aromatic carbocycles. The first-order valence-corrected chi connectivity index (χ1v) is 8.64. The number of carbonyl (C=O) groups excluding carboxylic acids is 1. The van der Waals surface area contributed by atoms with Crippen LogP contribution in [0.25, 0.3) is 0 Å². The van der Waals surface area contributed by atoms with Gasteiger partial charge in [-0.15, -0.1) is 0 Å². The van der Waals surface area contributed by atoms with E-state index in [4.69, 9.17) is 4.74 Å². The van der Waals surface area contributed by atoms with Gasteiger partial charge in [0.1, 0.15) is 17.2 Å². The molecule has 5 heteroatoms. The second kappa shape index (κ2) is 8.32. The van der Waals surface area contributed by atoms with Gasteiger partial charge in [-0.25, -0.2) is 4.39 Å². The molecule has 0 radical (unpaired) electrons. The van der Waals surface area contributed by atoms with Crippen LogP contribution >= 0.6 is 0 Å². The van der Waals surface area contributed by atoms with E-state index in [2.05, 4.69) is 5.32 Å². The normalized spacial score (nSPS) is 14.6. The minimum atomic E-state index is -1.29. The molecule has 2 atom stereocenters. The summed E-state index contributed by atoms with van der Waals surface area (Å²) in [5, 5.41) is 13.5. The number of ether oxygens (including phenoxy) is 1. The van der Waals surface area contributed by atoms with Crippen LogP contribution < -0.4 is 10.1 Å². The molecule has 0 saturated carbocycles. The Balaban J connectivity index is 2.10. The van der Waals surface area contributed by atoms with E-state index in [0.29, 0.717) is 5.56 Å². The van der Waals surface area contributed by atoms with E-state index in [1.807, 2.05) is 38.1 Å². The SMILES string of the molecule is COc1ccc(C(C(=O)NCC(C)(O)c2ccc(F)cc2)C(C)C)cc1. The van der Waals surface area contributed by atoms with Crippen molar-refractivity contribution < 1.29 is 19.0 Å². The number of aliphatic hydroxyl groups is 1. The quantitative estimate of drug-likeness (QED) is 0.794. The number of hydrogen-bond donors (Lipinski definition) is 2. The van der Waals surface area contributed by atoms with Crippen molar-refractivity contribution in [1.82, 2.24) is 5.32 Å². The molecule has 2 unspecified atom stereocenters. The number of rotatable bonds is 7. The first-order chi connectivity index (χ1) is 12.2. The highest BCUT2D eigenvalue weighted by Crippen LogP contribution is 2.27. The second-order valence-electron chi connectivity index (χ2n) is 6.99. The third-order valence-electron chi connectivity index (χ3n) is 4.50. The molecule has 0 fully saturated rings. The Morgan fingerprint density at radius 3 is 2.23 bits per heavy atom. The molecular formula is C21H26FNO3. The number of amides is 1. The summed E-state index contributed by atoms with van der Waals surface area (Å²) >= 11 is 0. The zero-order valence-corrected chi connectivity index (χ0v) is 15.6. The third kappa shape index (κ3) is 4.82. The van der Waals surface area contributed by atoms with Gasteiger partial charge in [0.2, 0.25) is 5.91 Å². The molecule has 0 aliphatic rings. The first-order valence-electron chi connectivity index (χ1n) is 8.64. The fourth-order valence-corrected chi connectivity index (χ4v) is 2.93. The molecule has 0 saturated heterocycles. The van der Waals surface area contributed by atoms with Crippen molar-refractivity contribution in [2.24, 2.45) is 5.92 Å². The lowest BCUT2D eigenvalue weighted by Crippen LogP contribution is -2.41. The lowest BCUT2D eigenvalue weighted by atomic mass is 9.87. The lowest BCUT2D eigenvalue weighted by Gasteiger charge is -2.27. The van der Waals surface area contributed by atoms with Gasteiger partial charge in [0.05, 0.1) is 19.6 Å². The van der Waals surface area contributed by atoms with Crippen molar-refractivity contribution >= 4 is 5.91 Å². The number of methoxy groups -OCH3 is 1. The predicted molar refractivity (Wildman–Crippen MR) is 99.6 cm³/mol. The van der Waals surface area contributed by atoms with E-state index in [9.17, 15) is 14.3 Å². The molecule has 1 amide bonds. The average molecular weight is 359 g/mol. The van der Waals surface area contributed by atoms with Crippen molar-refractivity contribution in [2.45, 2.75) is 32.3 Å². The van der Waals surface area contributed by atoms with E-state index < -0.39 is 5.60 Å². The van der Waals surface area contributed by atoms with Gasteiger partial charge in [-0.2, -0.15) is 0 Å². The molecule has 2 aromatic rings. The average Bonchev–Trinajstić information content (AvgIpc) is 2.61. The van der Waals surface area contributed by atoms with Gasteiger partial charge in [-0.1, -0.05) is 38.1 Å². The fraction of sp³-hybridized carbons (Fsp3) is 0.381. The van der Waals surface area contributed by atoms with Crippen LogP contribution in [0.3, 0.4) is 0 Å². The Labute approximate surface area is 154 Å². The van der Waals surface area contributed by atoms with Crippen molar-refractivity contribution in [3.8, 4) is 5.75 Å². The van der Waals surface area contributed by atoms with Crippen LogP contribution in [-0.4, -0.2) is 24.7 Å². The zero-order chi connectivity index (χ0) is 19.3. The third-order valence-corrected chi connectivity index (χ3v) is 4.50. The summed E-state index contributed by atoms with van der Waals surface area (Å²) in [6, 6.07) is 13.0. The number of benzene rings is 2. The second-order valence-corrected chi connectivity index (χ2v) is 6.99. The van der Waals surface area contributed by atoms with Crippen LogP contribution in [0, 0.1) is 11.7 Å². The summed E-state index contributed by atoms with van der Waals surface area (Å²) in [4.78, 5) is 12.8. The smallest absolute Gasteiger partial charge is 0.227 e. The Morgan fingerprint density at radius 1 is 1.15 bits per heavy atom. The fourth-order valence-electron chi connectivity index (χ4n) is 2.93. The maximum absolute atomic E-state index is 13.1. The largest absolute Gasteiger partial charge is 0.497 e. The summed E-state index contributed by atoms with van der Waals surface area (Å²) < 4.78 is 18.2. The highest BCUT2D eigenvalue weighted by molar-refractivity contribution is 5.84. The van der Waals surface area contributed by atoms with Crippen LogP contribution in [0.1, 0.15) is 37.8 Å². The summed E-state index contributed by atoms with van der Waals surface area (Å²) in [6.07, 6.45) is 0. The molecule has 4 nitrogen and oxygen atoms in total. The van der Waals surface area contributed by atoms with Crippen LogP contribution in [-0.2, 0) is 10.4 Å². The molecule has 0 aromatic heterocycles. The van der Waals surface area contributed by atoms with Crippen LogP contribution in [0.5, 0.6) is 5.75 Å².